The number of hydrogen-bond donors (Lipinski definition) is 1. The molecule has 0 aromatic rings. The second kappa shape index (κ2) is 9.77. The highest BCUT2D eigenvalue weighted by atomic mass is 79.9. The van der Waals surface area contributed by atoms with Crippen LogP contribution in [0.1, 0.15) is 85.0 Å². The summed E-state index contributed by atoms with van der Waals surface area (Å²) in [5.41, 5.74) is 1.34. The fraction of sp³-hybridized carbons (Fsp3) is 0.846. The number of hydrogen-bond acceptors (Lipinski definition) is 5. The van der Waals surface area contributed by atoms with Crippen LogP contribution in [0.25, 0.3) is 0 Å². The van der Waals surface area contributed by atoms with Crippen molar-refractivity contribution in [1.82, 2.24) is 0 Å². The number of carbonyl (C=O) groups is 2. The van der Waals surface area contributed by atoms with Crippen molar-refractivity contribution in [2.45, 2.75) is 108 Å². The Bertz CT molecular complexity index is 750. The molecule has 0 bridgehead atoms. The fourth-order valence-corrected chi connectivity index (χ4v) is 8.19. The van der Waals surface area contributed by atoms with Crippen LogP contribution in [0.3, 0.4) is 0 Å². The van der Waals surface area contributed by atoms with Gasteiger partial charge in [-0.05, 0) is 61.7 Å². The molecule has 3 fully saturated rings. The highest BCUT2D eigenvalue weighted by Gasteiger charge is 2.59. The average molecular weight is 511 g/mol. The van der Waals surface area contributed by atoms with Gasteiger partial charge in [-0.3, -0.25) is 9.59 Å². The number of esters is 2. The van der Waals surface area contributed by atoms with E-state index in [0.29, 0.717) is 30.6 Å². The summed E-state index contributed by atoms with van der Waals surface area (Å²) >= 11 is 3.80. The third-order valence-corrected chi connectivity index (χ3v) is 9.83. The lowest BCUT2D eigenvalue weighted by atomic mass is 9.50. The lowest BCUT2D eigenvalue weighted by molar-refractivity contribution is -0.153. The monoisotopic (exact) mass is 510 g/mol. The summed E-state index contributed by atoms with van der Waals surface area (Å²) in [7, 11) is 0. The second-order valence-electron chi connectivity index (χ2n) is 10.7. The van der Waals surface area contributed by atoms with Gasteiger partial charge in [-0.2, -0.15) is 0 Å². The fourth-order valence-electron chi connectivity index (χ4n) is 7.26. The first kappa shape index (κ1) is 24.3. The topological polar surface area (TPSA) is 72.8 Å². The van der Waals surface area contributed by atoms with Gasteiger partial charge in [-0.1, -0.05) is 54.8 Å². The van der Waals surface area contributed by atoms with Gasteiger partial charge in [-0.25, -0.2) is 0 Å². The van der Waals surface area contributed by atoms with E-state index in [-0.39, 0.29) is 40.3 Å². The van der Waals surface area contributed by atoms with E-state index < -0.39 is 6.10 Å². The van der Waals surface area contributed by atoms with Gasteiger partial charge in [0.1, 0.15) is 12.2 Å². The number of aliphatic hydroxyl groups excluding tert-OH is 1. The minimum absolute atomic E-state index is 0.0567. The van der Waals surface area contributed by atoms with Crippen molar-refractivity contribution in [2.24, 2.45) is 29.1 Å². The SMILES string of the molecule is CCCCC(=O)O[C@H]1CC[C@@]2(C)C(=C[C@H](O)C3C4C[C@@H](Br)[C@H](OC(=O)CC)[C@H]4CCC32)C1. The van der Waals surface area contributed by atoms with E-state index in [1.807, 2.05) is 6.92 Å². The van der Waals surface area contributed by atoms with E-state index in [0.717, 1.165) is 51.4 Å². The van der Waals surface area contributed by atoms with E-state index in [1.54, 1.807) is 0 Å². The molecule has 0 aliphatic heterocycles. The zero-order chi connectivity index (χ0) is 23.0. The first-order valence-electron chi connectivity index (χ1n) is 12.7. The standard InChI is InChI=1S/C26H39BrO5/c1-4-6-7-23(30)31-16-10-11-26(3)15(12-16)13-21(28)24-18-14-20(27)25(32-22(29)5-2)17(18)8-9-19(24)26/h13,16-21,24-25,28H,4-12,14H2,1-3H3/t16-,17-,18?,19?,20+,21-,24?,25+,26-/m0/s1. The summed E-state index contributed by atoms with van der Waals surface area (Å²) in [6.07, 6.45) is 9.92. The number of carbonyl (C=O) groups excluding carboxylic acids is 2. The van der Waals surface area contributed by atoms with Crippen molar-refractivity contribution in [3.05, 3.63) is 11.6 Å². The Morgan fingerprint density at radius 1 is 1.16 bits per heavy atom. The lowest BCUT2D eigenvalue weighted by Crippen LogP contribution is -2.52. The van der Waals surface area contributed by atoms with Crippen molar-refractivity contribution in [1.29, 1.82) is 0 Å². The van der Waals surface area contributed by atoms with Gasteiger partial charge in [-0.15, -0.1) is 0 Å². The molecule has 32 heavy (non-hydrogen) atoms. The molecule has 0 radical (unpaired) electrons. The van der Waals surface area contributed by atoms with Gasteiger partial charge in [0.25, 0.3) is 0 Å². The van der Waals surface area contributed by atoms with Crippen LogP contribution in [0.5, 0.6) is 0 Å². The molecule has 0 spiro atoms. The van der Waals surface area contributed by atoms with Gasteiger partial charge in [0, 0.05) is 25.2 Å². The Kier molecular flexibility index (Phi) is 7.41. The van der Waals surface area contributed by atoms with E-state index >= 15 is 0 Å². The molecule has 0 amide bonds. The molecule has 3 saturated carbocycles. The largest absolute Gasteiger partial charge is 0.462 e. The van der Waals surface area contributed by atoms with Crippen LogP contribution in [-0.4, -0.2) is 40.2 Å². The van der Waals surface area contributed by atoms with Gasteiger partial charge in [0.15, 0.2) is 0 Å². The van der Waals surface area contributed by atoms with Crippen LogP contribution in [0.4, 0.5) is 0 Å². The molecule has 0 saturated heterocycles. The lowest BCUT2D eigenvalue weighted by Gasteiger charge is -2.56. The molecule has 3 unspecified atom stereocenters. The Labute approximate surface area is 200 Å². The van der Waals surface area contributed by atoms with Gasteiger partial charge in [0.05, 0.1) is 10.9 Å². The molecular formula is C26H39BrO5. The zero-order valence-corrected chi connectivity index (χ0v) is 21.3. The van der Waals surface area contributed by atoms with Crippen molar-refractivity contribution >= 4 is 27.9 Å². The summed E-state index contributed by atoms with van der Waals surface area (Å²) < 4.78 is 11.6. The maximum atomic E-state index is 12.2. The minimum Gasteiger partial charge on any atom is -0.462 e. The van der Waals surface area contributed by atoms with Crippen molar-refractivity contribution < 1.29 is 24.2 Å². The Morgan fingerprint density at radius 2 is 1.94 bits per heavy atom. The average Bonchev–Trinajstić information content (AvgIpc) is 3.08. The van der Waals surface area contributed by atoms with Crippen LogP contribution >= 0.6 is 15.9 Å². The summed E-state index contributed by atoms with van der Waals surface area (Å²) in [6, 6.07) is 0. The van der Waals surface area contributed by atoms with Crippen LogP contribution in [0.2, 0.25) is 0 Å². The Balaban J connectivity index is 1.49. The molecule has 180 valence electrons. The predicted molar refractivity (Wildman–Crippen MR) is 126 cm³/mol. The Hall–Kier alpha value is -0.880. The zero-order valence-electron chi connectivity index (χ0n) is 19.7. The van der Waals surface area contributed by atoms with Crippen LogP contribution in [-0.2, 0) is 19.1 Å². The number of rotatable bonds is 6. The van der Waals surface area contributed by atoms with Crippen LogP contribution < -0.4 is 0 Å². The molecule has 4 aliphatic rings. The number of fused-ring (bicyclic) bond motifs is 5. The van der Waals surface area contributed by atoms with Crippen LogP contribution in [0.15, 0.2) is 11.6 Å². The molecule has 0 heterocycles. The smallest absolute Gasteiger partial charge is 0.306 e. The first-order valence-corrected chi connectivity index (χ1v) is 13.6. The third-order valence-electron chi connectivity index (χ3n) is 8.94. The number of aliphatic hydroxyl groups is 1. The predicted octanol–water partition coefficient (Wildman–Crippen LogP) is 5.33. The normalized spacial score (nSPS) is 42.8. The van der Waals surface area contributed by atoms with E-state index in [9.17, 15) is 14.7 Å². The van der Waals surface area contributed by atoms with E-state index in [2.05, 4.69) is 35.9 Å². The second-order valence-corrected chi connectivity index (χ2v) is 11.9. The summed E-state index contributed by atoms with van der Waals surface area (Å²) in [6.45, 7) is 6.29. The number of halogens is 1. The quantitative estimate of drug-likeness (QED) is 0.297. The summed E-state index contributed by atoms with van der Waals surface area (Å²) in [5, 5.41) is 11.3. The number of ether oxygens (including phenoxy) is 2. The molecule has 6 heteroatoms. The highest BCUT2D eigenvalue weighted by molar-refractivity contribution is 9.09. The molecule has 0 aromatic heterocycles. The number of alkyl halides is 1. The van der Waals surface area contributed by atoms with Gasteiger partial charge < -0.3 is 14.6 Å². The maximum Gasteiger partial charge on any atom is 0.306 e. The Morgan fingerprint density at radius 3 is 2.66 bits per heavy atom. The summed E-state index contributed by atoms with van der Waals surface area (Å²) in [5.74, 6) is 1.10. The van der Waals surface area contributed by atoms with Crippen LogP contribution in [0, 0.1) is 29.1 Å². The van der Waals surface area contributed by atoms with Gasteiger partial charge in [0.2, 0.25) is 0 Å². The summed E-state index contributed by atoms with van der Waals surface area (Å²) in [4.78, 5) is 24.3. The van der Waals surface area contributed by atoms with Gasteiger partial charge >= 0.3 is 11.9 Å². The molecule has 1 N–H and O–H groups in total. The molecular weight excluding hydrogens is 472 g/mol. The van der Waals surface area contributed by atoms with Crippen molar-refractivity contribution in [2.75, 3.05) is 0 Å². The van der Waals surface area contributed by atoms with Crippen molar-refractivity contribution in [3.8, 4) is 0 Å². The first-order chi connectivity index (χ1) is 15.3. The van der Waals surface area contributed by atoms with Crippen molar-refractivity contribution in [3.63, 3.8) is 0 Å². The third kappa shape index (κ3) is 4.43. The molecule has 4 rings (SSSR count). The molecule has 5 nitrogen and oxygen atoms in total. The molecule has 4 aliphatic carbocycles. The highest BCUT2D eigenvalue weighted by Crippen LogP contribution is 2.62. The number of unbranched alkanes of at least 4 members (excludes halogenated alkanes) is 1. The molecule has 0 aromatic carbocycles. The minimum atomic E-state index is -0.481. The molecule has 9 atom stereocenters. The maximum absolute atomic E-state index is 12.2. The van der Waals surface area contributed by atoms with E-state index in [4.69, 9.17) is 9.47 Å². The van der Waals surface area contributed by atoms with E-state index in [1.165, 1.54) is 5.57 Å².